The van der Waals surface area contributed by atoms with E-state index in [1.54, 1.807) is 0 Å². The number of nitrogens with zero attached hydrogens (tertiary/aromatic N) is 2. The molecule has 1 aromatic carbocycles. The third-order valence-electron chi connectivity index (χ3n) is 4.48. The van der Waals surface area contributed by atoms with Crippen molar-refractivity contribution in [3.05, 3.63) is 23.8 Å². The minimum absolute atomic E-state index is 0.0337. The molecule has 1 amide bonds. The fourth-order valence-corrected chi connectivity index (χ4v) is 3.02. The highest BCUT2D eigenvalue weighted by atomic mass is 16.2. The molecule has 2 heterocycles. The fourth-order valence-electron chi connectivity index (χ4n) is 3.02. The first-order valence-electron chi connectivity index (χ1n) is 7.17. The Hall–Kier alpha value is -1.59. The van der Waals surface area contributed by atoms with E-state index in [1.807, 2.05) is 7.05 Å². The molecule has 108 valence electrons. The summed E-state index contributed by atoms with van der Waals surface area (Å²) in [5, 5.41) is 6.01. The molecule has 20 heavy (non-hydrogen) atoms. The van der Waals surface area contributed by atoms with E-state index in [2.05, 4.69) is 52.6 Å². The number of carbonyl (C=O) groups excluding carboxylic acids is 1. The number of carbonyl (C=O) groups is 1. The zero-order valence-corrected chi connectivity index (χ0v) is 12.3. The lowest BCUT2D eigenvalue weighted by Gasteiger charge is -2.39. The number of nitrogens with one attached hydrogen (secondary N) is 2. The molecule has 2 aliphatic heterocycles. The predicted molar refractivity (Wildman–Crippen MR) is 81.2 cm³/mol. The molecular weight excluding hydrogens is 252 g/mol. The number of hydrogen-bond donors (Lipinski definition) is 2. The normalized spacial score (nSPS) is 26.6. The van der Waals surface area contributed by atoms with Crippen LogP contribution in [0.2, 0.25) is 0 Å². The Kier molecular flexibility index (Phi) is 3.40. The number of fused-ring (bicyclic) bond motifs is 1. The molecule has 2 atom stereocenters. The van der Waals surface area contributed by atoms with Crippen molar-refractivity contribution < 1.29 is 4.79 Å². The summed E-state index contributed by atoms with van der Waals surface area (Å²) in [6.07, 6.45) is 0. The van der Waals surface area contributed by atoms with Gasteiger partial charge in [-0.1, -0.05) is 6.07 Å². The van der Waals surface area contributed by atoms with Gasteiger partial charge in [0.05, 0.1) is 0 Å². The van der Waals surface area contributed by atoms with Crippen molar-refractivity contribution in [3.63, 3.8) is 0 Å². The van der Waals surface area contributed by atoms with Gasteiger partial charge < -0.3 is 20.4 Å². The summed E-state index contributed by atoms with van der Waals surface area (Å²) >= 11 is 0. The van der Waals surface area contributed by atoms with Crippen molar-refractivity contribution in [1.82, 2.24) is 10.2 Å². The second-order valence-corrected chi connectivity index (χ2v) is 5.76. The molecule has 0 aromatic heterocycles. The minimum atomic E-state index is -0.217. The fraction of sp³-hybridized carbons (Fsp3) is 0.533. The van der Waals surface area contributed by atoms with Crippen LogP contribution in [0.15, 0.2) is 18.2 Å². The van der Waals surface area contributed by atoms with E-state index in [4.69, 9.17) is 0 Å². The number of piperazine rings is 1. The topological polar surface area (TPSA) is 47.6 Å². The molecule has 2 unspecified atom stereocenters. The number of likely N-dealkylation sites (N-methyl/N-ethyl adjacent to an activating group) is 2. The number of anilines is 2. The molecule has 0 radical (unpaired) electrons. The van der Waals surface area contributed by atoms with Gasteiger partial charge in [-0.15, -0.1) is 0 Å². The van der Waals surface area contributed by atoms with E-state index in [1.165, 1.54) is 5.69 Å². The number of rotatable bonds is 2. The third-order valence-corrected chi connectivity index (χ3v) is 4.48. The SMILES string of the molecule is CNC1C(=O)Nc2cc(N3CCN(C)C(C)C3)ccc21. The Labute approximate surface area is 119 Å². The molecule has 5 heteroatoms. The quantitative estimate of drug-likeness (QED) is 0.846. The maximum absolute atomic E-state index is 11.9. The van der Waals surface area contributed by atoms with Crippen LogP contribution in [-0.4, -0.2) is 50.6 Å². The molecule has 1 saturated heterocycles. The minimum Gasteiger partial charge on any atom is -0.369 e. The summed E-state index contributed by atoms with van der Waals surface area (Å²) < 4.78 is 0. The first-order chi connectivity index (χ1) is 9.60. The highest BCUT2D eigenvalue weighted by Crippen LogP contribution is 2.34. The summed E-state index contributed by atoms with van der Waals surface area (Å²) in [6.45, 7) is 5.38. The smallest absolute Gasteiger partial charge is 0.246 e. The molecule has 0 aliphatic carbocycles. The van der Waals surface area contributed by atoms with Gasteiger partial charge in [-0.25, -0.2) is 0 Å². The summed E-state index contributed by atoms with van der Waals surface area (Å²) in [4.78, 5) is 16.6. The standard InChI is InChI=1S/C15H22N4O/c1-10-9-19(7-6-18(10)3)11-4-5-12-13(8-11)17-15(20)14(12)16-2/h4-5,8,10,14,16H,6-7,9H2,1-3H3,(H,17,20). The summed E-state index contributed by atoms with van der Waals surface area (Å²) in [7, 11) is 3.98. The summed E-state index contributed by atoms with van der Waals surface area (Å²) in [5.41, 5.74) is 3.18. The van der Waals surface area contributed by atoms with Gasteiger partial charge in [-0.3, -0.25) is 4.79 Å². The van der Waals surface area contributed by atoms with Crippen LogP contribution in [0.25, 0.3) is 0 Å². The van der Waals surface area contributed by atoms with Crippen LogP contribution in [-0.2, 0) is 4.79 Å². The highest BCUT2D eigenvalue weighted by Gasteiger charge is 2.30. The maximum Gasteiger partial charge on any atom is 0.246 e. The van der Waals surface area contributed by atoms with Crippen molar-refractivity contribution in [2.24, 2.45) is 0 Å². The first-order valence-corrected chi connectivity index (χ1v) is 7.17. The average molecular weight is 274 g/mol. The molecule has 2 aliphatic rings. The average Bonchev–Trinajstić information content (AvgIpc) is 2.76. The number of amides is 1. The Morgan fingerprint density at radius 1 is 1.35 bits per heavy atom. The van der Waals surface area contributed by atoms with Crippen molar-refractivity contribution in [3.8, 4) is 0 Å². The van der Waals surface area contributed by atoms with Crippen LogP contribution < -0.4 is 15.5 Å². The Morgan fingerprint density at radius 3 is 2.85 bits per heavy atom. The lowest BCUT2D eigenvalue weighted by atomic mass is 10.1. The van der Waals surface area contributed by atoms with E-state index in [0.717, 1.165) is 30.9 Å². The first kappa shape index (κ1) is 13.4. The van der Waals surface area contributed by atoms with E-state index >= 15 is 0 Å². The van der Waals surface area contributed by atoms with Gasteiger partial charge in [0.15, 0.2) is 0 Å². The van der Waals surface area contributed by atoms with E-state index in [9.17, 15) is 4.79 Å². The monoisotopic (exact) mass is 274 g/mol. The van der Waals surface area contributed by atoms with Crippen LogP contribution in [0.1, 0.15) is 18.5 Å². The van der Waals surface area contributed by atoms with Gasteiger partial charge in [0.2, 0.25) is 5.91 Å². The highest BCUT2D eigenvalue weighted by molar-refractivity contribution is 6.03. The van der Waals surface area contributed by atoms with Crippen molar-refractivity contribution in [2.45, 2.75) is 19.0 Å². The Balaban J connectivity index is 1.84. The molecule has 0 bridgehead atoms. The van der Waals surface area contributed by atoms with Crippen molar-refractivity contribution in [2.75, 3.05) is 43.9 Å². The van der Waals surface area contributed by atoms with Crippen LogP contribution in [0.3, 0.4) is 0 Å². The van der Waals surface area contributed by atoms with E-state index < -0.39 is 0 Å². The molecule has 2 N–H and O–H groups in total. The molecular formula is C15H22N4O. The second kappa shape index (κ2) is 5.07. The summed E-state index contributed by atoms with van der Waals surface area (Å²) in [5.74, 6) is 0.0337. The van der Waals surface area contributed by atoms with Gasteiger partial charge in [0, 0.05) is 42.6 Å². The lowest BCUT2D eigenvalue weighted by molar-refractivity contribution is -0.117. The zero-order chi connectivity index (χ0) is 14.3. The van der Waals surface area contributed by atoms with Crippen LogP contribution in [0.4, 0.5) is 11.4 Å². The van der Waals surface area contributed by atoms with E-state index in [0.29, 0.717) is 6.04 Å². The third kappa shape index (κ3) is 2.17. The largest absolute Gasteiger partial charge is 0.369 e. The summed E-state index contributed by atoms with van der Waals surface area (Å²) in [6, 6.07) is 6.62. The van der Waals surface area contributed by atoms with Crippen LogP contribution in [0.5, 0.6) is 0 Å². The van der Waals surface area contributed by atoms with Crippen LogP contribution in [0, 0.1) is 0 Å². The lowest BCUT2D eigenvalue weighted by Crippen LogP contribution is -2.50. The number of hydrogen-bond acceptors (Lipinski definition) is 4. The maximum atomic E-state index is 11.9. The van der Waals surface area contributed by atoms with E-state index in [-0.39, 0.29) is 11.9 Å². The van der Waals surface area contributed by atoms with Gasteiger partial charge >= 0.3 is 0 Å². The molecule has 1 aromatic rings. The van der Waals surface area contributed by atoms with Gasteiger partial charge in [0.1, 0.15) is 6.04 Å². The second-order valence-electron chi connectivity index (χ2n) is 5.76. The van der Waals surface area contributed by atoms with Crippen molar-refractivity contribution in [1.29, 1.82) is 0 Å². The number of benzene rings is 1. The zero-order valence-electron chi connectivity index (χ0n) is 12.3. The Morgan fingerprint density at radius 2 is 2.15 bits per heavy atom. The van der Waals surface area contributed by atoms with Crippen molar-refractivity contribution >= 4 is 17.3 Å². The van der Waals surface area contributed by atoms with Gasteiger partial charge in [-0.05, 0) is 33.2 Å². The van der Waals surface area contributed by atoms with Gasteiger partial charge in [-0.2, -0.15) is 0 Å². The Bertz CT molecular complexity index is 531. The molecule has 1 fully saturated rings. The molecule has 0 saturated carbocycles. The molecule has 5 nitrogen and oxygen atoms in total. The molecule has 3 rings (SSSR count). The van der Waals surface area contributed by atoms with Gasteiger partial charge in [0.25, 0.3) is 0 Å². The molecule has 0 spiro atoms. The predicted octanol–water partition coefficient (Wildman–Crippen LogP) is 1.04. The van der Waals surface area contributed by atoms with Crippen LogP contribution >= 0.6 is 0 Å².